The third kappa shape index (κ3) is 2.18. The number of hydrogen-bond donors (Lipinski definition) is 1. The van der Waals surface area contributed by atoms with Gasteiger partial charge in [-0.05, 0) is 12.5 Å². The molecule has 1 fully saturated rings. The molecular weight excluding hydrogens is 334 g/mol. The van der Waals surface area contributed by atoms with Crippen LogP contribution in [-0.4, -0.2) is 22.7 Å². The van der Waals surface area contributed by atoms with Crippen LogP contribution < -0.4 is 4.87 Å². The number of aryl methyl sites for hydroxylation is 1. The largest absolute Gasteiger partial charge is 0.393 e. The van der Waals surface area contributed by atoms with Crippen LogP contribution in [0, 0.1) is 12.3 Å². The number of ether oxygens (including phenoxy) is 1. The summed E-state index contributed by atoms with van der Waals surface area (Å²) in [6, 6.07) is 7.87. The Morgan fingerprint density at radius 1 is 1.22 bits per heavy atom. The molecule has 0 radical (unpaired) electrons. The number of benzene rings is 1. The molecule has 1 spiro atoms. The van der Waals surface area contributed by atoms with Gasteiger partial charge in [-0.2, -0.15) is 0 Å². The first-order chi connectivity index (χ1) is 11.0. The highest BCUT2D eigenvalue weighted by molar-refractivity contribution is 7.99. The van der Waals surface area contributed by atoms with Crippen molar-refractivity contribution in [1.29, 1.82) is 0 Å². The average molecular weight is 347 g/mol. The second-order valence-corrected chi connectivity index (χ2v) is 7.94. The van der Waals surface area contributed by atoms with Gasteiger partial charge < -0.3 is 9.72 Å². The number of esters is 2. The smallest absolute Gasteiger partial charge is 0.322 e. The zero-order valence-corrected chi connectivity index (χ0v) is 13.9. The van der Waals surface area contributed by atoms with Crippen molar-refractivity contribution in [2.75, 3.05) is 5.75 Å². The lowest BCUT2D eigenvalue weighted by Crippen LogP contribution is -2.39. The molecular formula is C16H13NO4S2. The van der Waals surface area contributed by atoms with E-state index >= 15 is 0 Å². The summed E-state index contributed by atoms with van der Waals surface area (Å²) in [7, 11) is 0. The molecule has 1 aromatic carbocycles. The zero-order valence-electron chi connectivity index (χ0n) is 12.3. The van der Waals surface area contributed by atoms with Crippen LogP contribution in [0.2, 0.25) is 0 Å². The van der Waals surface area contributed by atoms with Gasteiger partial charge in [-0.1, -0.05) is 41.2 Å². The van der Waals surface area contributed by atoms with Crippen LogP contribution in [0.25, 0.3) is 0 Å². The number of thioether (sulfide) groups is 1. The Morgan fingerprint density at radius 2 is 1.96 bits per heavy atom. The highest BCUT2D eigenvalue weighted by Gasteiger charge is 2.58. The summed E-state index contributed by atoms with van der Waals surface area (Å²) in [5.41, 5.74) is 1.12. The Labute approximate surface area is 140 Å². The first-order valence-electron chi connectivity index (χ1n) is 7.17. The van der Waals surface area contributed by atoms with Gasteiger partial charge in [-0.15, -0.1) is 11.8 Å². The van der Waals surface area contributed by atoms with Crippen LogP contribution in [0.3, 0.4) is 0 Å². The number of carbonyl (C=O) groups excluding carboxylic acids is 2. The summed E-state index contributed by atoms with van der Waals surface area (Å²) in [5, 5.41) is 0.795. The molecule has 3 heterocycles. The van der Waals surface area contributed by atoms with Crippen molar-refractivity contribution in [1.82, 2.24) is 4.98 Å². The van der Waals surface area contributed by atoms with Crippen molar-refractivity contribution >= 4 is 35.0 Å². The van der Waals surface area contributed by atoms with Gasteiger partial charge in [0.05, 0.1) is 11.4 Å². The van der Waals surface area contributed by atoms with E-state index in [1.165, 1.54) is 11.8 Å². The number of rotatable bonds is 1. The minimum absolute atomic E-state index is 0.0584. The lowest BCUT2D eigenvalue weighted by Gasteiger charge is -2.36. The van der Waals surface area contributed by atoms with E-state index in [1.54, 1.807) is 0 Å². The lowest BCUT2D eigenvalue weighted by molar-refractivity contribution is -0.155. The average Bonchev–Trinajstić information content (AvgIpc) is 3.00. The van der Waals surface area contributed by atoms with Crippen molar-refractivity contribution in [3.8, 4) is 0 Å². The molecule has 2 aromatic rings. The van der Waals surface area contributed by atoms with Gasteiger partial charge in [-0.3, -0.25) is 14.4 Å². The summed E-state index contributed by atoms with van der Waals surface area (Å²) in [5.74, 6) is -0.871. The Balaban J connectivity index is 1.94. The van der Waals surface area contributed by atoms with Gasteiger partial charge in [0.25, 0.3) is 0 Å². The molecule has 0 bridgehead atoms. The second-order valence-electron chi connectivity index (χ2n) is 5.93. The molecule has 7 heteroatoms. The molecule has 2 aliphatic rings. The third-order valence-electron chi connectivity index (χ3n) is 4.41. The van der Waals surface area contributed by atoms with Crippen molar-refractivity contribution in [3.63, 3.8) is 0 Å². The minimum atomic E-state index is -0.921. The molecule has 1 N–H and O–H groups in total. The quantitative estimate of drug-likeness (QED) is 0.633. The molecule has 0 unspecified atom stereocenters. The summed E-state index contributed by atoms with van der Waals surface area (Å²) in [6.07, 6.45) is 0.0584. The monoisotopic (exact) mass is 347 g/mol. The van der Waals surface area contributed by atoms with E-state index in [4.69, 9.17) is 4.74 Å². The molecule has 0 aliphatic carbocycles. The Kier molecular flexibility index (Phi) is 3.24. The van der Waals surface area contributed by atoms with Crippen LogP contribution in [0.4, 0.5) is 0 Å². The molecule has 0 amide bonds. The molecule has 118 valence electrons. The SMILES string of the molecule is Cc1ccc([C@@H]2c3sc(=O)[nH]c3SC[C@@]23CC(=O)OC3=O)cc1. The van der Waals surface area contributed by atoms with E-state index in [0.717, 1.165) is 32.4 Å². The maximum atomic E-state index is 12.5. The number of carbonyl (C=O) groups is 2. The maximum absolute atomic E-state index is 12.5. The number of H-pyrrole nitrogens is 1. The molecule has 2 atom stereocenters. The fourth-order valence-corrected chi connectivity index (χ4v) is 5.84. The number of nitrogens with one attached hydrogen (secondary N) is 1. The van der Waals surface area contributed by atoms with Crippen molar-refractivity contribution in [2.45, 2.75) is 24.3 Å². The summed E-state index contributed by atoms with van der Waals surface area (Å²) >= 11 is 2.53. The Morgan fingerprint density at radius 3 is 2.61 bits per heavy atom. The van der Waals surface area contributed by atoms with Gasteiger partial charge in [-0.25, -0.2) is 0 Å². The molecule has 1 saturated heterocycles. The Hall–Kier alpha value is -1.86. The Bertz CT molecular complexity index is 867. The van der Waals surface area contributed by atoms with Crippen molar-refractivity contribution in [2.24, 2.45) is 5.41 Å². The molecule has 1 aromatic heterocycles. The van der Waals surface area contributed by atoms with Gasteiger partial charge in [0.2, 0.25) is 0 Å². The molecule has 5 nitrogen and oxygen atoms in total. The predicted octanol–water partition coefficient (Wildman–Crippen LogP) is 2.44. The van der Waals surface area contributed by atoms with Crippen LogP contribution in [0.15, 0.2) is 34.1 Å². The first-order valence-corrected chi connectivity index (χ1v) is 8.97. The highest BCUT2D eigenvalue weighted by atomic mass is 32.2. The van der Waals surface area contributed by atoms with E-state index in [2.05, 4.69) is 4.98 Å². The number of aromatic nitrogens is 1. The maximum Gasteiger partial charge on any atom is 0.322 e. The molecule has 0 saturated carbocycles. The summed E-state index contributed by atoms with van der Waals surface area (Å²) in [4.78, 5) is 39.6. The highest BCUT2D eigenvalue weighted by Crippen LogP contribution is 2.56. The summed E-state index contributed by atoms with van der Waals surface area (Å²) < 4.78 is 4.88. The second kappa shape index (κ2) is 5.07. The van der Waals surface area contributed by atoms with E-state index in [9.17, 15) is 14.4 Å². The molecule has 4 rings (SSSR count). The van der Waals surface area contributed by atoms with E-state index in [1.807, 2.05) is 31.2 Å². The molecule has 2 aliphatic heterocycles. The zero-order chi connectivity index (χ0) is 16.2. The number of aromatic amines is 1. The van der Waals surface area contributed by atoms with Crippen molar-refractivity contribution < 1.29 is 14.3 Å². The topological polar surface area (TPSA) is 76.2 Å². The van der Waals surface area contributed by atoms with Crippen LogP contribution >= 0.6 is 23.1 Å². The van der Waals surface area contributed by atoms with E-state index in [-0.39, 0.29) is 17.2 Å². The van der Waals surface area contributed by atoms with Crippen LogP contribution in [0.5, 0.6) is 0 Å². The first kappa shape index (κ1) is 14.7. The van der Waals surface area contributed by atoms with Gasteiger partial charge in [0.15, 0.2) is 0 Å². The van der Waals surface area contributed by atoms with E-state index in [0.29, 0.717) is 5.75 Å². The standard InChI is InChI=1S/C16H13NO4S2/c1-8-2-4-9(5-3-8)11-12-13(17-15(20)23-12)22-7-16(11)6-10(18)21-14(16)19/h2-5,11H,6-7H2,1H3,(H,17,20)/t11-,16+/m1/s1. The van der Waals surface area contributed by atoms with Gasteiger partial charge >= 0.3 is 16.8 Å². The van der Waals surface area contributed by atoms with E-state index < -0.39 is 17.4 Å². The lowest BCUT2D eigenvalue weighted by atomic mass is 9.71. The number of thiazole rings is 1. The number of fused-ring (bicyclic) bond motifs is 1. The van der Waals surface area contributed by atoms with Gasteiger partial charge in [0, 0.05) is 16.5 Å². The van der Waals surface area contributed by atoms with Crippen LogP contribution in [0.1, 0.15) is 28.3 Å². The van der Waals surface area contributed by atoms with Crippen LogP contribution in [-0.2, 0) is 14.3 Å². The van der Waals surface area contributed by atoms with Gasteiger partial charge in [0.1, 0.15) is 5.41 Å². The number of hydrogen-bond acceptors (Lipinski definition) is 6. The third-order valence-corrected chi connectivity index (χ3v) is 6.76. The molecule has 23 heavy (non-hydrogen) atoms. The normalized spacial score (nSPS) is 26.4. The summed E-state index contributed by atoms with van der Waals surface area (Å²) in [6.45, 7) is 1.99. The fraction of sp³-hybridized carbons (Fsp3) is 0.312. The minimum Gasteiger partial charge on any atom is -0.393 e. The van der Waals surface area contributed by atoms with Crippen molar-refractivity contribution in [3.05, 3.63) is 49.9 Å². The fourth-order valence-electron chi connectivity index (χ4n) is 3.29. The number of cyclic esters (lactones) is 2. The predicted molar refractivity (Wildman–Crippen MR) is 86.8 cm³/mol.